The van der Waals surface area contributed by atoms with Gasteiger partial charge in [0.25, 0.3) is 5.91 Å². The molecule has 0 atom stereocenters. The van der Waals surface area contributed by atoms with E-state index in [4.69, 9.17) is 0 Å². The SMILES string of the molecule is Cc1cc(-c2ncnc(Nc3ccn(C)n3)n2)ccc1CNC(=O)c1nn(C(C)(C)C)cc1F. The minimum absolute atomic E-state index is 0.220. The van der Waals surface area contributed by atoms with E-state index >= 15 is 0 Å². The number of benzene rings is 1. The van der Waals surface area contributed by atoms with Crippen LogP contribution in [0.1, 0.15) is 42.4 Å². The molecule has 176 valence electrons. The lowest BCUT2D eigenvalue weighted by Gasteiger charge is -2.18. The third-order valence-corrected chi connectivity index (χ3v) is 5.14. The van der Waals surface area contributed by atoms with Crippen LogP contribution in [0.3, 0.4) is 0 Å². The van der Waals surface area contributed by atoms with Crippen molar-refractivity contribution < 1.29 is 9.18 Å². The van der Waals surface area contributed by atoms with Crippen molar-refractivity contribution in [1.82, 2.24) is 39.8 Å². The maximum Gasteiger partial charge on any atom is 0.275 e. The number of nitrogens with one attached hydrogen (secondary N) is 2. The van der Waals surface area contributed by atoms with Crippen LogP contribution < -0.4 is 10.6 Å². The van der Waals surface area contributed by atoms with Gasteiger partial charge in [0.15, 0.2) is 23.2 Å². The topological polar surface area (TPSA) is 115 Å². The van der Waals surface area contributed by atoms with Crippen molar-refractivity contribution in [2.45, 2.75) is 39.8 Å². The second-order valence-corrected chi connectivity index (χ2v) is 8.90. The smallest absolute Gasteiger partial charge is 0.275 e. The van der Waals surface area contributed by atoms with E-state index in [0.717, 1.165) is 16.7 Å². The molecule has 0 unspecified atom stereocenters. The van der Waals surface area contributed by atoms with E-state index in [2.05, 4.69) is 35.8 Å². The number of aromatic nitrogens is 7. The molecule has 4 aromatic rings. The number of carbonyl (C=O) groups is 1. The molecular formula is C23H26FN9O. The number of anilines is 2. The van der Waals surface area contributed by atoms with E-state index in [1.165, 1.54) is 17.2 Å². The molecule has 0 aliphatic rings. The van der Waals surface area contributed by atoms with Gasteiger partial charge in [-0.3, -0.25) is 14.2 Å². The van der Waals surface area contributed by atoms with Crippen LogP contribution in [-0.2, 0) is 19.1 Å². The summed E-state index contributed by atoms with van der Waals surface area (Å²) in [4.78, 5) is 25.4. The Morgan fingerprint density at radius 1 is 1.15 bits per heavy atom. The molecule has 0 saturated heterocycles. The molecule has 0 bridgehead atoms. The van der Waals surface area contributed by atoms with Crippen molar-refractivity contribution in [3.8, 4) is 11.4 Å². The minimum Gasteiger partial charge on any atom is -0.346 e. The molecule has 0 aliphatic carbocycles. The van der Waals surface area contributed by atoms with Gasteiger partial charge in [-0.15, -0.1) is 0 Å². The largest absolute Gasteiger partial charge is 0.346 e. The van der Waals surface area contributed by atoms with E-state index in [1.54, 1.807) is 4.68 Å². The molecule has 4 rings (SSSR count). The van der Waals surface area contributed by atoms with Crippen LogP contribution in [0, 0.1) is 12.7 Å². The van der Waals surface area contributed by atoms with Gasteiger partial charge >= 0.3 is 0 Å². The van der Waals surface area contributed by atoms with Crippen LogP contribution in [0.2, 0.25) is 0 Å². The zero-order chi connectivity index (χ0) is 24.5. The monoisotopic (exact) mass is 463 g/mol. The highest BCUT2D eigenvalue weighted by Gasteiger charge is 2.22. The van der Waals surface area contributed by atoms with Crippen molar-refractivity contribution >= 4 is 17.7 Å². The highest BCUT2D eigenvalue weighted by Crippen LogP contribution is 2.21. The molecule has 3 heterocycles. The summed E-state index contributed by atoms with van der Waals surface area (Å²) in [7, 11) is 1.83. The lowest BCUT2D eigenvalue weighted by molar-refractivity contribution is 0.0940. The van der Waals surface area contributed by atoms with Crippen LogP contribution in [0.15, 0.2) is 43.0 Å². The number of amides is 1. The molecule has 0 spiro atoms. The first-order chi connectivity index (χ1) is 16.1. The van der Waals surface area contributed by atoms with E-state index in [1.807, 2.05) is 65.2 Å². The normalized spacial score (nSPS) is 11.5. The molecule has 2 N–H and O–H groups in total. The fourth-order valence-electron chi connectivity index (χ4n) is 3.23. The van der Waals surface area contributed by atoms with Gasteiger partial charge in [-0.1, -0.05) is 12.1 Å². The van der Waals surface area contributed by atoms with Crippen molar-refractivity contribution in [3.63, 3.8) is 0 Å². The maximum atomic E-state index is 14.2. The van der Waals surface area contributed by atoms with Gasteiger partial charge in [-0.25, -0.2) is 14.4 Å². The lowest BCUT2D eigenvalue weighted by Crippen LogP contribution is -2.26. The van der Waals surface area contributed by atoms with Crippen LogP contribution in [0.5, 0.6) is 0 Å². The van der Waals surface area contributed by atoms with Crippen molar-refractivity contribution in [3.05, 3.63) is 65.6 Å². The molecule has 11 heteroatoms. The number of hydrogen-bond donors (Lipinski definition) is 2. The van der Waals surface area contributed by atoms with E-state index in [0.29, 0.717) is 17.6 Å². The third-order valence-electron chi connectivity index (χ3n) is 5.14. The first-order valence-corrected chi connectivity index (χ1v) is 10.7. The fraction of sp³-hybridized carbons (Fsp3) is 0.304. The van der Waals surface area contributed by atoms with Crippen LogP contribution >= 0.6 is 0 Å². The first kappa shape index (κ1) is 23.0. The zero-order valence-electron chi connectivity index (χ0n) is 19.7. The molecule has 0 saturated carbocycles. The van der Waals surface area contributed by atoms with Crippen molar-refractivity contribution in [2.75, 3.05) is 5.32 Å². The first-order valence-electron chi connectivity index (χ1n) is 10.7. The molecule has 1 amide bonds. The minimum atomic E-state index is -0.649. The van der Waals surface area contributed by atoms with Crippen molar-refractivity contribution in [1.29, 1.82) is 0 Å². The highest BCUT2D eigenvalue weighted by molar-refractivity contribution is 5.92. The molecule has 10 nitrogen and oxygen atoms in total. The Balaban J connectivity index is 1.45. The molecule has 0 aliphatic heterocycles. The Labute approximate surface area is 196 Å². The Kier molecular flexibility index (Phi) is 6.10. The number of halogens is 1. The van der Waals surface area contributed by atoms with Gasteiger partial charge in [0.05, 0.1) is 11.7 Å². The van der Waals surface area contributed by atoms with Gasteiger partial charge in [-0.2, -0.15) is 15.2 Å². The fourth-order valence-corrected chi connectivity index (χ4v) is 3.23. The van der Waals surface area contributed by atoms with Crippen molar-refractivity contribution in [2.24, 2.45) is 7.05 Å². The molecule has 0 fully saturated rings. The number of hydrogen-bond acceptors (Lipinski definition) is 7. The summed E-state index contributed by atoms with van der Waals surface area (Å²) >= 11 is 0. The molecule has 0 radical (unpaired) electrons. The average Bonchev–Trinajstić information content (AvgIpc) is 3.38. The number of carbonyl (C=O) groups excluding carboxylic acids is 1. The summed E-state index contributed by atoms with van der Waals surface area (Å²) in [5, 5.41) is 14.1. The van der Waals surface area contributed by atoms with Crippen LogP contribution in [-0.4, -0.2) is 40.4 Å². The standard InChI is InChI=1S/C23H26FN9O/c1-14-10-15(20-26-13-27-22(29-20)28-18-8-9-32(5)30-18)6-7-16(14)11-25-21(34)19-17(24)12-33(31-19)23(2,3)4/h6-10,12-13H,11H2,1-5H3,(H,25,34)(H,26,27,28,29,30). The summed E-state index contributed by atoms with van der Waals surface area (Å²) in [5.41, 5.74) is 1.97. The molecule has 1 aromatic carbocycles. The summed E-state index contributed by atoms with van der Waals surface area (Å²) < 4.78 is 17.4. The average molecular weight is 464 g/mol. The number of rotatable bonds is 6. The Bertz CT molecular complexity index is 1340. The summed E-state index contributed by atoms with van der Waals surface area (Å²) in [6.45, 7) is 7.81. The third kappa shape index (κ3) is 5.08. The predicted molar refractivity (Wildman–Crippen MR) is 125 cm³/mol. The summed E-state index contributed by atoms with van der Waals surface area (Å²) in [6, 6.07) is 7.49. The lowest BCUT2D eigenvalue weighted by atomic mass is 10.0. The second-order valence-electron chi connectivity index (χ2n) is 8.90. The highest BCUT2D eigenvalue weighted by atomic mass is 19.1. The van der Waals surface area contributed by atoms with Gasteiger partial charge in [0, 0.05) is 31.4 Å². The number of nitrogens with zero attached hydrogens (tertiary/aromatic N) is 7. The van der Waals surface area contributed by atoms with Gasteiger partial charge < -0.3 is 10.6 Å². The molecular weight excluding hydrogens is 437 g/mol. The summed E-state index contributed by atoms with van der Waals surface area (Å²) in [5.74, 6) is 0.304. The second kappa shape index (κ2) is 9.00. The Hall–Kier alpha value is -4.15. The van der Waals surface area contributed by atoms with E-state index < -0.39 is 17.3 Å². The van der Waals surface area contributed by atoms with E-state index in [-0.39, 0.29) is 12.2 Å². The molecule has 34 heavy (non-hydrogen) atoms. The number of aryl methyl sites for hydroxylation is 2. The molecule has 3 aromatic heterocycles. The quantitative estimate of drug-likeness (QED) is 0.451. The predicted octanol–water partition coefficient (Wildman–Crippen LogP) is 3.34. The van der Waals surface area contributed by atoms with Crippen LogP contribution in [0.4, 0.5) is 16.2 Å². The zero-order valence-corrected chi connectivity index (χ0v) is 19.7. The maximum absolute atomic E-state index is 14.2. The van der Waals surface area contributed by atoms with Gasteiger partial charge in [-0.05, 0) is 44.9 Å². The van der Waals surface area contributed by atoms with Gasteiger partial charge in [0.1, 0.15) is 6.33 Å². The summed E-state index contributed by atoms with van der Waals surface area (Å²) in [6.07, 6.45) is 4.48. The van der Waals surface area contributed by atoms with E-state index in [9.17, 15) is 9.18 Å². The Morgan fingerprint density at radius 2 is 1.94 bits per heavy atom. The Morgan fingerprint density at radius 3 is 2.59 bits per heavy atom. The van der Waals surface area contributed by atoms with Crippen LogP contribution in [0.25, 0.3) is 11.4 Å². The van der Waals surface area contributed by atoms with Gasteiger partial charge in [0.2, 0.25) is 5.95 Å².